The smallest absolute Gasteiger partial charge is 0.264 e. The van der Waals surface area contributed by atoms with E-state index in [4.69, 9.17) is 0 Å². The Morgan fingerprint density at radius 1 is 0.515 bits per heavy atom. The number of hydrogen-bond donors (Lipinski definition) is 0. The Hall–Kier alpha value is -4.28. The summed E-state index contributed by atoms with van der Waals surface area (Å²) in [5, 5.41) is 1.44. The van der Waals surface area contributed by atoms with Crippen molar-refractivity contribution >= 4 is 78.0 Å². The summed E-state index contributed by atoms with van der Waals surface area (Å²) in [6.45, 7) is 39.1. The predicted octanol–water partition coefficient (Wildman–Crippen LogP) is 16.9. The van der Waals surface area contributed by atoms with Crippen LogP contribution in [0.25, 0.3) is 10.1 Å². The molecule has 5 aromatic carbocycles. The Labute approximate surface area is 415 Å². The van der Waals surface area contributed by atoms with Gasteiger partial charge in [-0.25, -0.2) is 0 Å². The molecule has 6 aromatic rings. The van der Waals surface area contributed by atoms with Gasteiger partial charge in [0.15, 0.2) is 0 Å². The molecule has 3 aliphatic carbocycles. The molecule has 0 saturated heterocycles. The van der Waals surface area contributed by atoms with Gasteiger partial charge in [-0.05, 0) is 194 Å². The lowest BCUT2D eigenvalue weighted by Gasteiger charge is -2.46. The molecule has 3 heterocycles. The highest BCUT2D eigenvalue weighted by Gasteiger charge is 2.48. The standard InChI is InChI=1S/C64H79BN2S/c1-38-30-42(59(3,4)5)22-24-50(38)66-51-25-23-43(60(6,7)8)34-49(51)65-56-53(66)32-41(40-20-18-17-19-21-40)33-54(56)67(52-36-47-45(31-39(52)2)61(9,10)26-28-63(47,13)14)57-44-35-46-48(37-55(44)68-58(57)65)64(15,16)29-27-62(46,11)12/h22-25,30-37,40H,17-21,26-29H2,1-16H3. The van der Waals surface area contributed by atoms with E-state index in [-0.39, 0.29) is 39.2 Å². The second-order valence-corrected chi connectivity index (χ2v) is 28.2. The zero-order valence-corrected chi connectivity index (χ0v) is 45.6. The lowest BCUT2D eigenvalue weighted by molar-refractivity contribution is 0.332. The summed E-state index contributed by atoms with van der Waals surface area (Å²) in [4.78, 5) is 5.57. The molecule has 1 aromatic heterocycles. The van der Waals surface area contributed by atoms with Gasteiger partial charge >= 0.3 is 0 Å². The Bertz CT molecular complexity index is 3060. The Balaban J connectivity index is 1.30. The third kappa shape index (κ3) is 7.05. The van der Waals surface area contributed by atoms with Gasteiger partial charge < -0.3 is 9.80 Å². The molecule has 0 atom stereocenters. The monoisotopic (exact) mass is 919 g/mol. The van der Waals surface area contributed by atoms with Crippen LogP contribution >= 0.6 is 11.3 Å². The minimum absolute atomic E-state index is 0.00117. The second kappa shape index (κ2) is 15.1. The molecule has 5 aliphatic rings. The van der Waals surface area contributed by atoms with Crippen LogP contribution in [0, 0.1) is 13.8 Å². The highest BCUT2D eigenvalue weighted by Crippen LogP contribution is 2.56. The van der Waals surface area contributed by atoms with Crippen molar-refractivity contribution < 1.29 is 0 Å². The van der Waals surface area contributed by atoms with Gasteiger partial charge in [0.2, 0.25) is 0 Å². The molecule has 0 amide bonds. The first-order valence-electron chi connectivity index (χ1n) is 26.6. The van der Waals surface area contributed by atoms with Gasteiger partial charge in [-0.2, -0.15) is 0 Å². The minimum atomic E-state index is -0.00117. The maximum absolute atomic E-state index is 2.85. The Morgan fingerprint density at radius 2 is 1.01 bits per heavy atom. The summed E-state index contributed by atoms with van der Waals surface area (Å²) >= 11 is 2.10. The zero-order valence-electron chi connectivity index (χ0n) is 44.7. The summed E-state index contributed by atoms with van der Waals surface area (Å²) in [7, 11) is 0. The van der Waals surface area contributed by atoms with Crippen LogP contribution in [0.15, 0.2) is 72.8 Å². The maximum Gasteiger partial charge on any atom is 0.264 e. The molecular formula is C64H79BN2S. The fourth-order valence-corrected chi connectivity index (χ4v) is 14.9. The lowest BCUT2D eigenvalue weighted by atomic mass is 9.36. The van der Waals surface area contributed by atoms with Crippen molar-refractivity contribution in [1.82, 2.24) is 0 Å². The average molecular weight is 919 g/mol. The summed E-state index contributed by atoms with van der Waals surface area (Å²) in [5.41, 5.74) is 24.8. The summed E-state index contributed by atoms with van der Waals surface area (Å²) in [6.07, 6.45) is 11.3. The first-order chi connectivity index (χ1) is 31.8. The Kier molecular flexibility index (Phi) is 10.3. The molecule has 11 rings (SSSR count). The van der Waals surface area contributed by atoms with Gasteiger partial charge in [0.1, 0.15) is 0 Å². The van der Waals surface area contributed by atoms with E-state index in [9.17, 15) is 0 Å². The summed E-state index contributed by atoms with van der Waals surface area (Å²) in [5.74, 6) is 0.543. The molecule has 0 spiro atoms. The number of aryl methyl sites for hydroxylation is 2. The van der Waals surface area contributed by atoms with Crippen LogP contribution in [0.3, 0.4) is 0 Å². The first kappa shape index (κ1) is 46.1. The highest BCUT2D eigenvalue weighted by atomic mass is 32.1. The van der Waals surface area contributed by atoms with Crippen LogP contribution in [0.5, 0.6) is 0 Å². The van der Waals surface area contributed by atoms with Crippen LogP contribution in [0.4, 0.5) is 34.1 Å². The van der Waals surface area contributed by atoms with Crippen molar-refractivity contribution in [1.29, 1.82) is 0 Å². The molecule has 0 bridgehead atoms. The normalized spacial score (nSPS) is 20.1. The van der Waals surface area contributed by atoms with Crippen LogP contribution in [0.1, 0.15) is 211 Å². The number of nitrogens with zero attached hydrogens (tertiary/aromatic N) is 2. The van der Waals surface area contributed by atoms with Gasteiger partial charge in [0.05, 0.1) is 5.69 Å². The van der Waals surface area contributed by atoms with Crippen LogP contribution < -0.4 is 25.5 Å². The van der Waals surface area contributed by atoms with Gasteiger partial charge in [-0.3, -0.25) is 0 Å². The maximum atomic E-state index is 2.85. The molecule has 2 nitrogen and oxygen atoms in total. The molecular weight excluding hydrogens is 840 g/mol. The molecule has 1 fully saturated rings. The van der Waals surface area contributed by atoms with Crippen molar-refractivity contribution in [2.24, 2.45) is 0 Å². The van der Waals surface area contributed by atoms with E-state index in [1.54, 1.807) is 16.7 Å². The minimum Gasteiger partial charge on any atom is -0.311 e. The number of hydrogen-bond acceptors (Lipinski definition) is 3. The fourth-order valence-electron chi connectivity index (χ4n) is 13.5. The Morgan fingerprint density at radius 3 is 1.59 bits per heavy atom. The quantitative estimate of drug-likeness (QED) is 0.163. The molecule has 0 N–H and O–H groups in total. The van der Waals surface area contributed by atoms with Crippen molar-refractivity contribution in [3.63, 3.8) is 0 Å². The molecule has 4 heteroatoms. The van der Waals surface area contributed by atoms with Gasteiger partial charge in [0, 0.05) is 43.3 Å². The number of fused-ring (bicyclic) bond motifs is 8. The second-order valence-electron chi connectivity index (χ2n) is 27.1. The SMILES string of the molecule is Cc1cc(C(C)(C)C)ccc1N1c2ccc(C(C)(C)C)cc2B2c3sc4cc5c(cc4c3N(c3cc4c(cc3C)C(C)(C)CCC4(C)C)c3cc(C4CCCCC4)cc1c32)C(C)(C)CCC5(C)C. The molecule has 0 radical (unpaired) electrons. The van der Waals surface area contributed by atoms with Crippen molar-refractivity contribution in [3.8, 4) is 0 Å². The van der Waals surface area contributed by atoms with Crippen LogP contribution in [0.2, 0.25) is 0 Å². The predicted molar refractivity (Wildman–Crippen MR) is 299 cm³/mol. The van der Waals surface area contributed by atoms with E-state index in [0.29, 0.717) is 5.92 Å². The highest BCUT2D eigenvalue weighted by molar-refractivity contribution is 7.33. The van der Waals surface area contributed by atoms with Crippen molar-refractivity contribution in [3.05, 3.63) is 123 Å². The van der Waals surface area contributed by atoms with E-state index in [0.717, 1.165) is 0 Å². The molecule has 68 heavy (non-hydrogen) atoms. The topological polar surface area (TPSA) is 6.48 Å². The van der Waals surface area contributed by atoms with E-state index < -0.39 is 0 Å². The van der Waals surface area contributed by atoms with Gasteiger partial charge in [-0.1, -0.05) is 147 Å². The lowest BCUT2D eigenvalue weighted by Crippen LogP contribution is -2.60. The number of rotatable bonds is 3. The van der Waals surface area contributed by atoms with Gasteiger partial charge in [-0.15, -0.1) is 11.3 Å². The first-order valence-corrected chi connectivity index (χ1v) is 27.4. The molecule has 0 unspecified atom stereocenters. The van der Waals surface area contributed by atoms with E-state index >= 15 is 0 Å². The summed E-state index contributed by atoms with van der Waals surface area (Å²) in [6, 6.07) is 31.0. The van der Waals surface area contributed by atoms with Crippen molar-refractivity contribution in [2.75, 3.05) is 9.80 Å². The third-order valence-corrected chi connectivity index (χ3v) is 19.5. The molecule has 1 saturated carbocycles. The average Bonchev–Trinajstić information content (AvgIpc) is 3.64. The molecule has 2 aliphatic heterocycles. The summed E-state index contributed by atoms with van der Waals surface area (Å²) < 4.78 is 2.94. The number of anilines is 6. The number of benzene rings is 5. The van der Waals surface area contributed by atoms with E-state index in [1.165, 1.54) is 151 Å². The fraction of sp³-hybridized carbons (Fsp3) is 0.500. The largest absolute Gasteiger partial charge is 0.311 e. The molecule has 354 valence electrons. The van der Waals surface area contributed by atoms with Gasteiger partial charge in [0.25, 0.3) is 6.71 Å². The zero-order chi connectivity index (χ0) is 48.4. The van der Waals surface area contributed by atoms with Crippen LogP contribution in [-0.4, -0.2) is 6.71 Å². The van der Waals surface area contributed by atoms with E-state index in [2.05, 4.69) is 205 Å². The van der Waals surface area contributed by atoms with E-state index in [1.807, 2.05) is 0 Å². The number of thiophene rings is 1. The third-order valence-electron chi connectivity index (χ3n) is 18.3. The van der Waals surface area contributed by atoms with Crippen molar-refractivity contribution in [2.45, 2.75) is 207 Å². The van der Waals surface area contributed by atoms with Crippen LogP contribution in [-0.2, 0) is 32.5 Å².